The van der Waals surface area contributed by atoms with E-state index in [-0.39, 0.29) is 29.8 Å². The van der Waals surface area contributed by atoms with E-state index in [0.717, 1.165) is 31.0 Å². The fourth-order valence-corrected chi connectivity index (χ4v) is 6.95. The van der Waals surface area contributed by atoms with E-state index in [1.54, 1.807) is 12.1 Å². The molecule has 0 aliphatic heterocycles. The lowest BCUT2D eigenvalue weighted by molar-refractivity contribution is -0.140. The van der Waals surface area contributed by atoms with Crippen molar-refractivity contribution in [3.8, 4) is 0 Å². The summed E-state index contributed by atoms with van der Waals surface area (Å²) >= 11 is 9.59. The highest BCUT2D eigenvalue weighted by molar-refractivity contribution is 9.10. The lowest BCUT2D eigenvalue weighted by atomic mass is 10.0. The van der Waals surface area contributed by atoms with Crippen molar-refractivity contribution >= 4 is 55.1 Å². The molecule has 0 heterocycles. The molecule has 242 valence electrons. The van der Waals surface area contributed by atoms with Crippen LogP contribution in [0, 0.1) is 13.8 Å². The number of halogens is 2. The van der Waals surface area contributed by atoms with Crippen LogP contribution < -0.4 is 9.62 Å². The van der Waals surface area contributed by atoms with Crippen LogP contribution in [0.3, 0.4) is 0 Å². The number of anilines is 1. The van der Waals surface area contributed by atoms with E-state index in [4.69, 9.17) is 11.6 Å². The van der Waals surface area contributed by atoms with E-state index in [9.17, 15) is 18.0 Å². The van der Waals surface area contributed by atoms with Crippen LogP contribution in [-0.4, -0.2) is 43.8 Å². The average Bonchev–Trinajstić information content (AvgIpc) is 3.03. The Labute approximate surface area is 285 Å². The van der Waals surface area contributed by atoms with E-state index < -0.39 is 28.5 Å². The first-order valence-corrected chi connectivity index (χ1v) is 17.7. The molecule has 4 aromatic carbocycles. The number of sulfonamides is 1. The summed E-state index contributed by atoms with van der Waals surface area (Å²) in [6, 6.07) is 27.1. The fourth-order valence-electron chi connectivity index (χ4n) is 4.97. The van der Waals surface area contributed by atoms with E-state index in [2.05, 4.69) is 21.2 Å². The van der Waals surface area contributed by atoms with Gasteiger partial charge in [0.2, 0.25) is 11.8 Å². The maximum atomic E-state index is 14.6. The first kappa shape index (κ1) is 35.2. The number of carbonyl (C=O) groups is 2. The number of benzene rings is 4. The summed E-state index contributed by atoms with van der Waals surface area (Å²) in [5, 5.41) is 3.45. The van der Waals surface area contributed by atoms with Gasteiger partial charge in [0.25, 0.3) is 10.0 Å². The molecule has 4 aromatic rings. The molecule has 0 bridgehead atoms. The fraction of sp³-hybridized carbons (Fsp3) is 0.278. The van der Waals surface area contributed by atoms with E-state index >= 15 is 0 Å². The van der Waals surface area contributed by atoms with Gasteiger partial charge in [-0.3, -0.25) is 13.9 Å². The molecule has 0 unspecified atom stereocenters. The number of rotatable bonds is 13. The second kappa shape index (κ2) is 15.8. The molecule has 2 amide bonds. The zero-order valence-electron chi connectivity index (χ0n) is 26.4. The van der Waals surface area contributed by atoms with Crippen molar-refractivity contribution < 1.29 is 18.0 Å². The predicted molar refractivity (Wildman–Crippen MR) is 188 cm³/mol. The third-order valence-electron chi connectivity index (χ3n) is 7.97. The second-order valence-electron chi connectivity index (χ2n) is 11.4. The summed E-state index contributed by atoms with van der Waals surface area (Å²) in [4.78, 5) is 30.0. The maximum Gasteiger partial charge on any atom is 0.264 e. The van der Waals surface area contributed by atoms with Gasteiger partial charge < -0.3 is 10.2 Å². The second-order valence-corrected chi connectivity index (χ2v) is 14.6. The molecular formula is C36H39BrClN3O4S. The summed E-state index contributed by atoms with van der Waals surface area (Å²) < 4.78 is 30.4. The predicted octanol–water partition coefficient (Wildman–Crippen LogP) is 7.47. The number of amides is 2. The van der Waals surface area contributed by atoms with E-state index in [0.29, 0.717) is 17.1 Å². The third kappa shape index (κ3) is 8.99. The van der Waals surface area contributed by atoms with Crippen LogP contribution >= 0.6 is 27.5 Å². The summed E-state index contributed by atoms with van der Waals surface area (Å²) in [6.45, 7) is 7.28. The number of aryl methyl sites for hydroxylation is 2. The molecule has 0 saturated carbocycles. The molecule has 0 aliphatic carbocycles. The molecule has 46 heavy (non-hydrogen) atoms. The summed E-state index contributed by atoms with van der Waals surface area (Å²) in [7, 11) is -4.22. The average molecular weight is 725 g/mol. The van der Waals surface area contributed by atoms with Crippen LogP contribution in [0.15, 0.2) is 106 Å². The van der Waals surface area contributed by atoms with Gasteiger partial charge in [-0.1, -0.05) is 83.0 Å². The zero-order chi connectivity index (χ0) is 33.4. The minimum absolute atomic E-state index is 0.00295. The van der Waals surface area contributed by atoms with Gasteiger partial charge >= 0.3 is 0 Å². The molecule has 4 rings (SSSR count). The standard InChI is InChI=1S/C36H39BrClN3O4S/c1-5-27(4)39-36(43)34(22-28-10-7-6-8-11-28)40(23-29-12-9-13-30(37)21-29)35(42)24-41(32-17-14-25(2)26(3)20-32)46(44,45)33-18-15-31(38)16-19-33/h6-21,27,34H,5,22-24H2,1-4H3,(H,39,43)/t27-,34+/m0/s1. The molecule has 0 spiro atoms. The quantitative estimate of drug-likeness (QED) is 0.155. The Morgan fingerprint density at radius 3 is 2.17 bits per heavy atom. The molecule has 0 fully saturated rings. The van der Waals surface area contributed by atoms with Crippen LogP contribution in [0.2, 0.25) is 5.02 Å². The SMILES string of the molecule is CC[C@H](C)NC(=O)[C@@H](Cc1ccccc1)N(Cc1cccc(Br)c1)C(=O)CN(c1ccc(C)c(C)c1)S(=O)(=O)c1ccc(Cl)cc1. The highest BCUT2D eigenvalue weighted by Gasteiger charge is 2.35. The lowest BCUT2D eigenvalue weighted by Gasteiger charge is -2.34. The Balaban J connectivity index is 1.83. The molecule has 0 saturated heterocycles. The van der Waals surface area contributed by atoms with Crippen LogP contribution in [0.1, 0.15) is 42.5 Å². The van der Waals surface area contributed by atoms with Crippen molar-refractivity contribution in [3.05, 3.63) is 129 Å². The minimum atomic E-state index is -4.22. The topological polar surface area (TPSA) is 86.8 Å². The maximum absolute atomic E-state index is 14.6. The van der Waals surface area contributed by atoms with Crippen LogP contribution in [0.5, 0.6) is 0 Å². The first-order chi connectivity index (χ1) is 21.9. The van der Waals surface area contributed by atoms with E-state index in [1.165, 1.54) is 29.2 Å². The normalized spacial score (nSPS) is 12.7. The zero-order valence-corrected chi connectivity index (χ0v) is 29.6. The van der Waals surface area contributed by atoms with E-state index in [1.807, 2.05) is 88.4 Å². The number of carbonyl (C=O) groups excluding carboxylic acids is 2. The lowest BCUT2D eigenvalue weighted by Crippen LogP contribution is -2.54. The van der Waals surface area contributed by atoms with Crippen LogP contribution in [0.25, 0.3) is 0 Å². The van der Waals surface area contributed by atoms with Crippen molar-refractivity contribution in [2.75, 3.05) is 10.8 Å². The van der Waals surface area contributed by atoms with Gasteiger partial charge in [-0.25, -0.2) is 8.42 Å². The Morgan fingerprint density at radius 2 is 1.54 bits per heavy atom. The van der Waals surface area contributed by atoms with Crippen molar-refractivity contribution in [1.82, 2.24) is 10.2 Å². The molecule has 1 N–H and O–H groups in total. The van der Waals surface area contributed by atoms with Crippen LogP contribution in [-0.2, 0) is 32.6 Å². The molecular weight excluding hydrogens is 686 g/mol. The Kier molecular flexibility index (Phi) is 12.1. The third-order valence-corrected chi connectivity index (χ3v) is 10.5. The Bertz CT molecular complexity index is 1770. The van der Waals surface area contributed by atoms with Gasteiger partial charge in [0.05, 0.1) is 10.6 Å². The van der Waals surface area contributed by atoms with Gasteiger partial charge in [0.1, 0.15) is 12.6 Å². The van der Waals surface area contributed by atoms with Gasteiger partial charge in [-0.05, 0) is 98.0 Å². The Hall–Kier alpha value is -3.66. The highest BCUT2D eigenvalue weighted by atomic mass is 79.9. The van der Waals surface area contributed by atoms with Crippen molar-refractivity contribution in [1.29, 1.82) is 0 Å². The molecule has 2 atom stereocenters. The molecule has 0 radical (unpaired) electrons. The van der Waals surface area contributed by atoms with Crippen molar-refractivity contribution in [3.63, 3.8) is 0 Å². The summed E-state index contributed by atoms with van der Waals surface area (Å²) in [5.41, 5.74) is 3.87. The largest absolute Gasteiger partial charge is 0.352 e. The summed E-state index contributed by atoms with van der Waals surface area (Å²) in [6.07, 6.45) is 0.958. The van der Waals surface area contributed by atoms with Gasteiger partial charge in [0.15, 0.2) is 0 Å². The van der Waals surface area contributed by atoms with Gasteiger partial charge in [0, 0.05) is 28.5 Å². The van der Waals surface area contributed by atoms with Crippen molar-refractivity contribution in [2.24, 2.45) is 0 Å². The number of hydrogen-bond donors (Lipinski definition) is 1. The minimum Gasteiger partial charge on any atom is -0.352 e. The summed E-state index contributed by atoms with van der Waals surface area (Å²) in [5.74, 6) is -0.823. The van der Waals surface area contributed by atoms with Crippen molar-refractivity contribution in [2.45, 2.75) is 64.1 Å². The molecule has 10 heteroatoms. The highest BCUT2D eigenvalue weighted by Crippen LogP contribution is 2.28. The monoisotopic (exact) mass is 723 g/mol. The molecule has 0 aliphatic rings. The number of nitrogens with one attached hydrogen (secondary N) is 1. The molecule has 7 nitrogen and oxygen atoms in total. The van der Waals surface area contributed by atoms with Gasteiger partial charge in [-0.2, -0.15) is 0 Å². The van der Waals surface area contributed by atoms with Crippen LogP contribution in [0.4, 0.5) is 5.69 Å². The smallest absolute Gasteiger partial charge is 0.264 e. The number of nitrogens with zero attached hydrogens (tertiary/aromatic N) is 2. The van der Waals surface area contributed by atoms with Gasteiger partial charge in [-0.15, -0.1) is 0 Å². The number of hydrogen-bond acceptors (Lipinski definition) is 4. The Morgan fingerprint density at radius 1 is 0.870 bits per heavy atom. The molecule has 0 aromatic heterocycles. The first-order valence-electron chi connectivity index (χ1n) is 15.1.